The molecule has 2 heterocycles. The third-order valence-corrected chi connectivity index (χ3v) is 6.18. The van der Waals surface area contributed by atoms with E-state index in [9.17, 15) is 14.4 Å². The van der Waals surface area contributed by atoms with E-state index in [1.165, 1.54) is 15.7 Å². The number of nitrogens with one attached hydrogen (secondary N) is 1. The SMILES string of the molecule is CC(C)(N)C(=O)N1CCN(C(=O)Nc2ccn(-c3ccc4c(c3)CCC(N)C4)c(=O)n2)CC1. The van der Waals surface area contributed by atoms with Crippen LogP contribution in [-0.2, 0) is 17.6 Å². The van der Waals surface area contributed by atoms with Crippen molar-refractivity contribution in [3.63, 3.8) is 0 Å². The summed E-state index contributed by atoms with van der Waals surface area (Å²) in [6, 6.07) is 7.34. The molecule has 0 radical (unpaired) electrons. The number of amides is 3. The quantitative estimate of drug-likeness (QED) is 0.617. The standard InChI is InChI=1S/C23H31N7O3/c1-23(2,25)20(31)28-9-11-29(12-10-28)21(32)26-19-7-8-30(22(33)27-19)18-6-4-15-13-17(24)5-3-16(15)14-18/h4,6-8,14,17H,3,5,9-13,24-25H2,1-2H3,(H,26,27,32,33). The van der Waals surface area contributed by atoms with E-state index in [1.54, 1.807) is 35.9 Å². The van der Waals surface area contributed by atoms with Crippen LogP contribution in [0, 0.1) is 0 Å². The Hall–Kier alpha value is -3.24. The summed E-state index contributed by atoms with van der Waals surface area (Å²) in [7, 11) is 0. The number of urea groups is 1. The van der Waals surface area contributed by atoms with E-state index < -0.39 is 11.2 Å². The van der Waals surface area contributed by atoms with E-state index in [4.69, 9.17) is 11.5 Å². The fourth-order valence-corrected chi connectivity index (χ4v) is 4.30. The summed E-state index contributed by atoms with van der Waals surface area (Å²) < 4.78 is 1.46. The third-order valence-electron chi connectivity index (χ3n) is 6.18. The molecular weight excluding hydrogens is 422 g/mol. The number of nitrogens with two attached hydrogens (primary N) is 2. The van der Waals surface area contributed by atoms with Gasteiger partial charge >= 0.3 is 11.7 Å². The number of carbonyl (C=O) groups excluding carboxylic acids is 2. The number of fused-ring (bicyclic) bond motifs is 1. The number of piperazine rings is 1. The third kappa shape index (κ3) is 5.07. The highest BCUT2D eigenvalue weighted by atomic mass is 16.2. The van der Waals surface area contributed by atoms with Gasteiger partial charge < -0.3 is 21.3 Å². The molecule has 1 aromatic carbocycles. The van der Waals surface area contributed by atoms with Gasteiger partial charge in [-0.25, -0.2) is 9.59 Å². The first-order valence-corrected chi connectivity index (χ1v) is 11.2. The Bertz CT molecular complexity index is 1110. The number of hydrogen-bond donors (Lipinski definition) is 3. The number of benzene rings is 1. The molecular formula is C23H31N7O3. The first kappa shape index (κ1) is 22.9. The monoisotopic (exact) mass is 453 g/mol. The molecule has 1 saturated heterocycles. The van der Waals surface area contributed by atoms with Gasteiger partial charge in [0.25, 0.3) is 0 Å². The van der Waals surface area contributed by atoms with Crippen molar-refractivity contribution in [3.8, 4) is 5.69 Å². The molecule has 1 aliphatic carbocycles. The molecule has 1 atom stereocenters. The topological polar surface area (TPSA) is 140 Å². The average Bonchev–Trinajstić information content (AvgIpc) is 2.78. The van der Waals surface area contributed by atoms with Gasteiger partial charge in [0.15, 0.2) is 0 Å². The maximum atomic E-state index is 12.6. The first-order valence-electron chi connectivity index (χ1n) is 11.2. The highest BCUT2D eigenvalue weighted by molar-refractivity contribution is 5.89. The van der Waals surface area contributed by atoms with Gasteiger partial charge in [-0.05, 0) is 62.4 Å². The van der Waals surface area contributed by atoms with E-state index in [1.807, 2.05) is 18.2 Å². The molecule has 0 saturated carbocycles. The molecule has 4 rings (SSSR count). The van der Waals surface area contributed by atoms with Crippen LogP contribution in [0.1, 0.15) is 31.4 Å². The number of anilines is 1. The maximum Gasteiger partial charge on any atom is 0.354 e. The van der Waals surface area contributed by atoms with Crippen LogP contribution in [0.2, 0.25) is 0 Å². The number of nitrogens with zero attached hydrogens (tertiary/aromatic N) is 4. The summed E-state index contributed by atoms with van der Waals surface area (Å²) in [5.41, 5.74) is 13.7. The van der Waals surface area contributed by atoms with E-state index >= 15 is 0 Å². The fraction of sp³-hybridized carbons (Fsp3) is 0.478. The minimum atomic E-state index is -0.941. The first-order chi connectivity index (χ1) is 15.6. The number of aryl methyl sites for hydroxylation is 1. The smallest absolute Gasteiger partial charge is 0.338 e. The highest BCUT2D eigenvalue weighted by Crippen LogP contribution is 2.23. The Morgan fingerprint density at radius 3 is 2.45 bits per heavy atom. The largest absolute Gasteiger partial charge is 0.354 e. The van der Waals surface area contributed by atoms with Crippen molar-refractivity contribution in [3.05, 3.63) is 52.1 Å². The van der Waals surface area contributed by atoms with Gasteiger partial charge in [-0.15, -0.1) is 0 Å². The van der Waals surface area contributed by atoms with Crippen molar-refractivity contribution in [2.75, 3.05) is 31.5 Å². The summed E-state index contributed by atoms with van der Waals surface area (Å²) >= 11 is 0. The summed E-state index contributed by atoms with van der Waals surface area (Å²) in [4.78, 5) is 44.8. The number of hydrogen-bond acceptors (Lipinski definition) is 6. The van der Waals surface area contributed by atoms with Crippen molar-refractivity contribution >= 4 is 17.8 Å². The molecule has 1 aromatic heterocycles. The molecule has 5 N–H and O–H groups in total. The lowest BCUT2D eigenvalue weighted by Gasteiger charge is -2.37. The number of rotatable bonds is 3. The zero-order valence-corrected chi connectivity index (χ0v) is 19.1. The van der Waals surface area contributed by atoms with E-state index in [0.717, 1.165) is 24.9 Å². The molecule has 2 aliphatic rings. The van der Waals surface area contributed by atoms with Gasteiger partial charge in [0.2, 0.25) is 5.91 Å². The Labute approximate surface area is 192 Å². The average molecular weight is 454 g/mol. The van der Waals surface area contributed by atoms with Gasteiger partial charge in [-0.2, -0.15) is 4.98 Å². The van der Waals surface area contributed by atoms with Crippen LogP contribution in [0.3, 0.4) is 0 Å². The van der Waals surface area contributed by atoms with Crippen molar-refractivity contribution < 1.29 is 9.59 Å². The van der Waals surface area contributed by atoms with Crippen LogP contribution in [0.25, 0.3) is 5.69 Å². The molecule has 10 heteroatoms. The molecule has 176 valence electrons. The van der Waals surface area contributed by atoms with E-state index in [2.05, 4.69) is 10.3 Å². The second-order valence-electron chi connectivity index (χ2n) is 9.35. The predicted octanol–water partition coefficient (Wildman–Crippen LogP) is 0.462. The molecule has 0 bridgehead atoms. The molecule has 10 nitrogen and oxygen atoms in total. The second-order valence-corrected chi connectivity index (χ2v) is 9.35. The lowest BCUT2D eigenvalue weighted by atomic mass is 9.88. The fourth-order valence-electron chi connectivity index (χ4n) is 4.30. The molecule has 33 heavy (non-hydrogen) atoms. The maximum absolute atomic E-state index is 12.6. The van der Waals surface area contributed by atoms with Gasteiger partial charge in [-0.1, -0.05) is 6.07 Å². The molecule has 1 aliphatic heterocycles. The summed E-state index contributed by atoms with van der Waals surface area (Å²) in [6.45, 7) is 4.91. The molecule has 1 fully saturated rings. The van der Waals surface area contributed by atoms with Crippen molar-refractivity contribution in [2.45, 2.75) is 44.7 Å². The van der Waals surface area contributed by atoms with Crippen LogP contribution in [0.15, 0.2) is 35.3 Å². The Morgan fingerprint density at radius 1 is 1.09 bits per heavy atom. The van der Waals surface area contributed by atoms with Crippen molar-refractivity contribution in [2.24, 2.45) is 11.5 Å². The van der Waals surface area contributed by atoms with Gasteiger partial charge in [-0.3, -0.25) is 14.7 Å². The van der Waals surface area contributed by atoms with Crippen molar-refractivity contribution in [1.29, 1.82) is 0 Å². The minimum absolute atomic E-state index is 0.141. The molecule has 0 spiro atoms. The Balaban J connectivity index is 1.40. The van der Waals surface area contributed by atoms with Crippen LogP contribution in [0.4, 0.5) is 10.6 Å². The summed E-state index contributed by atoms with van der Waals surface area (Å²) in [6.07, 6.45) is 4.28. The van der Waals surface area contributed by atoms with Crippen LogP contribution in [-0.4, -0.2) is 69.0 Å². The molecule has 2 aromatic rings. The van der Waals surface area contributed by atoms with Gasteiger partial charge in [0.1, 0.15) is 5.82 Å². The van der Waals surface area contributed by atoms with Crippen molar-refractivity contribution in [1.82, 2.24) is 19.4 Å². The van der Waals surface area contributed by atoms with E-state index in [0.29, 0.717) is 26.2 Å². The van der Waals surface area contributed by atoms with Gasteiger partial charge in [0.05, 0.1) is 11.2 Å². The van der Waals surface area contributed by atoms with Crippen LogP contribution >= 0.6 is 0 Å². The summed E-state index contributed by atoms with van der Waals surface area (Å²) in [5, 5.41) is 2.68. The van der Waals surface area contributed by atoms with Crippen LogP contribution in [0.5, 0.6) is 0 Å². The van der Waals surface area contributed by atoms with Gasteiger partial charge in [0, 0.05) is 38.4 Å². The molecule has 1 unspecified atom stereocenters. The zero-order valence-electron chi connectivity index (χ0n) is 19.1. The second kappa shape index (κ2) is 8.95. The van der Waals surface area contributed by atoms with E-state index in [-0.39, 0.29) is 23.8 Å². The lowest BCUT2D eigenvalue weighted by molar-refractivity contribution is -0.137. The Kier molecular flexibility index (Phi) is 6.22. The minimum Gasteiger partial charge on any atom is -0.338 e. The van der Waals surface area contributed by atoms with Crippen LogP contribution < -0.4 is 22.5 Å². The predicted molar refractivity (Wildman–Crippen MR) is 125 cm³/mol. The Morgan fingerprint density at radius 2 is 1.79 bits per heavy atom. The number of carbonyl (C=O) groups is 2. The highest BCUT2D eigenvalue weighted by Gasteiger charge is 2.31. The molecule has 3 amide bonds. The lowest BCUT2D eigenvalue weighted by Crippen LogP contribution is -2.58. The zero-order chi connectivity index (χ0) is 23.8. The number of aromatic nitrogens is 2. The summed E-state index contributed by atoms with van der Waals surface area (Å²) in [5.74, 6) is 0.0460. The normalized spacial score (nSPS) is 18.6.